The van der Waals surface area contributed by atoms with Crippen molar-refractivity contribution in [2.75, 3.05) is 17.1 Å². The fourth-order valence-corrected chi connectivity index (χ4v) is 7.51. The van der Waals surface area contributed by atoms with Crippen LogP contribution in [0.25, 0.3) is 0 Å². The Kier molecular flexibility index (Phi) is 8.51. The molecule has 2 fully saturated rings. The van der Waals surface area contributed by atoms with Crippen molar-refractivity contribution in [3.05, 3.63) is 107 Å². The van der Waals surface area contributed by atoms with Crippen molar-refractivity contribution in [1.29, 1.82) is 4.78 Å². The van der Waals surface area contributed by atoms with Crippen LogP contribution in [0.2, 0.25) is 10.0 Å². The van der Waals surface area contributed by atoms with Gasteiger partial charge in [-0.3, -0.25) is 9.10 Å². The number of nitrogens with zero attached hydrogens (tertiary/aromatic N) is 3. The van der Waals surface area contributed by atoms with Crippen LogP contribution in [-0.4, -0.2) is 38.8 Å². The van der Waals surface area contributed by atoms with Gasteiger partial charge in [0.05, 0.1) is 24.0 Å². The number of aromatic nitrogens is 1. The van der Waals surface area contributed by atoms with Crippen molar-refractivity contribution < 1.29 is 9.00 Å². The van der Waals surface area contributed by atoms with Crippen molar-refractivity contribution in [1.82, 2.24) is 9.88 Å². The normalized spacial score (nSPS) is 24.9. The first-order valence-electron chi connectivity index (χ1n) is 13.9. The number of likely N-dealkylation sites (tertiary alicyclic amines) is 1. The third-order valence-electron chi connectivity index (χ3n) is 8.39. The van der Waals surface area contributed by atoms with E-state index in [1.165, 1.54) is 6.26 Å². The highest BCUT2D eigenvalue weighted by Crippen LogP contribution is 2.54. The number of amides is 1. The van der Waals surface area contributed by atoms with Crippen molar-refractivity contribution in [3.63, 3.8) is 0 Å². The summed E-state index contributed by atoms with van der Waals surface area (Å²) in [5.74, 6) is 0.659. The molecule has 216 valence electrons. The minimum absolute atomic E-state index is 0.0427. The third-order valence-corrected chi connectivity index (χ3v) is 10.1. The Labute approximate surface area is 253 Å². The summed E-state index contributed by atoms with van der Waals surface area (Å²) in [5, 5.41) is 1.27. The number of hydrogen-bond acceptors (Lipinski definition) is 4. The highest BCUT2D eigenvalue weighted by atomic mass is 35.5. The topological polar surface area (TPSA) is 77.4 Å². The summed E-state index contributed by atoms with van der Waals surface area (Å²) in [5.41, 5.74) is 1.34. The summed E-state index contributed by atoms with van der Waals surface area (Å²) in [6.45, 7) is 6.25. The molecular weight excluding hydrogens is 575 g/mol. The van der Waals surface area contributed by atoms with Crippen LogP contribution in [0.3, 0.4) is 0 Å². The van der Waals surface area contributed by atoms with Crippen molar-refractivity contribution >= 4 is 44.8 Å². The molecule has 0 radical (unpaired) electrons. The number of rotatable bonds is 10. The van der Waals surface area contributed by atoms with E-state index in [1.807, 2.05) is 66.4 Å². The molecule has 1 amide bonds. The Hall–Kier alpha value is -2.87. The highest BCUT2D eigenvalue weighted by molar-refractivity contribution is 7.93. The molecule has 41 heavy (non-hydrogen) atoms. The van der Waals surface area contributed by atoms with Crippen LogP contribution in [0.15, 0.2) is 85.6 Å². The number of allylic oxidation sites excluding steroid dienone is 1. The molecule has 1 aromatic heterocycles. The molecule has 5 rings (SSSR count). The lowest BCUT2D eigenvalue weighted by molar-refractivity contribution is -0.154. The summed E-state index contributed by atoms with van der Waals surface area (Å²) < 4.78 is 23.5. The molecule has 1 saturated carbocycles. The average molecular weight is 612 g/mol. The summed E-state index contributed by atoms with van der Waals surface area (Å²) >= 11 is 12.8. The second-order valence-electron chi connectivity index (χ2n) is 11.6. The van der Waals surface area contributed by atoms with Crippen LogP contribution < -0.4 is 4.31 Å². The fourth-order valence-electron chi connectivity index (χ4n) is 6.28. The predicted molar refractivity (Wildman–Crippen MR) is 168 cm³/mol. The number of carbonyl (C=O) groups excluding carboxylic acids is 1. The van der Waals surface area contributed by atoms with Crippen LogP contribution >= 0.6 is 23.2 Å². The van der Waals surface area contributed by atoms with Gasteiger partial charge in [-0.1, -0.05) is 66.5 Å². The molecule has 6 nitrogen and oxygen atoms in total. The van der Waals surface area contributed by atoms with Gasteiger partial charge in [0.25, 0.3) is 0 Å². The number of piperidine rings is 1. The number of nitrogens with one attached hydrogen (secondary N) is 1. The zero-order valence-corrected chi connectivity index (χ0v) is 25.7. The van der Waals surface area contributed by atoms with Crippen molar-refractivity contribution in [2.24, 2.45) is 11.3 Å². The van der Waals surface area contributed by atoms with E-state index in [2.05, 4.69) is 17.6 Å². The van der Waals surface area contributed by atoms with E-state index in [4.69, 9.17) is 28.0 Å². The summed E-state index contributed by atoms with van der Waals surface area (Å²) in [6, 6.07) is 20.4. The molecule has 5 atom stereocenters. The molecular formula is C32H36Cl2N4O2S. The Bertz CT molecular complexity index is 1510. The Morgan fingerprint density at radius 3 is 2.44 bits per heavy atom. The van der Waals surface area contributed by atoms with Gasteiger partial charge in [-0.05, 0) is 79.1 Å². The smallest absolute Gasteiger partial charge is 0.229 e. The first-order valence-corrected chi connectivity index (χ1v) is 16.6. The van der Waals surface area contributed by atoms with Gasteiger partial charge < -0.3 is 4.90 Å². The van der Waals surface area contributed by atoms with Gasteiger partial charge >= 0.3 is 0 Å². The zero-order valence-electron chi connectivity index (χ0n) is 23.4. The van der Waals surface area contributed by atoms with Crippen molar-refractivity contribution in [2.45, 2.75) is 50.6 Å². The maximum Gasteiger partial charge on any atom is 0.229 e. The van der Waals surface area contributed by atoms with E-state index < -0.39 is 15.3 Å². The molecule has 2 aromatic carbocycles. The average Bonchev–Trinajstić information content (AvgIpc) is 3.77. The van der Waals surface area contributed by atoms with Crippen LogP contribution in [0, 0.1) is 16.1 Å². The SMILES string of the molecule is C=CC[C@@]1(C)C[C@H](c2cccc(Cl)c2)C(c2ccc(Cl)cc2)N(C(CN(c2ccccn2)S(C)(=N)=O)C2CC2)C1=O. The summed E-state index contributed by atoms with van der Waals surface area (Å²) in [7, 11) is -3.19. The van der Waals surface area contributed by atoms with E-state index >= 15 is 0 Å². The van der Waals surface area contributed by atoms with Crippen LogP contribution in [0.1, 0.15) is 55.7 Å². The van der Waals surface area contributed by atoms with Gasteiger partial charge in [-0.25, -0.2) is 14.0 Å². The number of halogens is 2. The highest BCUT2D eigenvalue weighted by Gasteiger charge is 2.54. The largest absolute Gasteiger partial charge is 0.329 e. The molecule has 1 aliphatic heterocycles. The van der Waals surface area contributed by atoms with E-state index in [0.29, 0.717) is 28.7 Å². The lowest BCUT2D eigenvalue weighted by atomic mass is 9.67. The van der Waals surface area contributed by atoms with E-state index in [0.717, 1.165) is 24.0 Å². The standard InChI is InChI=1S/C32H36Cl2N4O2S/c1-4-17-32(2)20-27(24-8-7-9-26(34)19-24)30(23-13-15-25(33)16-14-23)38(31(32)39)28(22-11-12-22)21-37(41(3,35)40)29-10-5-6-18-36-29/h4-10,13-16,18-19,22,27-28,30,35H,1,11-12,17,20-21H2,2-3H3/t27-,28?,30?,32+,41?/m1/s1. The first-order chi connectivity index (χ1) is 19.5. The maximum absolute atomic E-state index is 14.7. The molecule has 9 heteroatoms. The van der Waals surface area contributed by atoms with Gasteiger partial charge in [-0.2, -0.15) is 0 Å². The minimum Gasteiger partial charge on any atom is -0.329 e. The maximum atomic E-state index is 14.7. The lowest BCUT2D eigenvalue weighted by Gasteiger charge is -2.53. The molecule has 1 saturated heterocycles. The molecule has 2 aliphatic rings. The zero-order chi connectivity index (χ0) is 29.4. The van der Waals surface area contributed by atoms with E-state index in [1.54, 1.807) is 22.6 Å². The Balaban J connectivity index is 1.69. The molecule has 0 bridgehead atoms. The molecule has 2 heterocycles. The minimum atomic E-state index is -3.19. The lowest BCUT2D eigenvalue weighted by Crippen LogP contribution is -2.59. The van der Waals surface area contributed by atoms with Crippen LogP contribution in [0.4, 0.5) is 5.82 Å². The molecule has 1 N–H and O–H groups in total. The second kappa shape index (κ2) is 11.8. The van der Waals surface area contributed by atoms with E-state index in [-0.39, 0.29) is 36.4 Å². The van der Waals surface area contributed by atoms with E-state index in [9.17, 15) is 9.00 Å². The van der Waals surface area contributed by atoms with Crippen molar-refractivity contribution in [3.8, 4) is 0 Å². The number of benzene rings is 2. The molecule has 3 aromatic rings. The molecule has 1 aliphatic carbocycles. The van der Waals surface area contributed by atoms with Crippen LogP contribution in [-0.2, 0) is 14.7 Å². The van der Waals surface area contributed by atoms with Crippen LogP contribution in [0.5, 0.6) is 0 Å². The number of anilines is 1. The second-order valence-corrected chi connectivity index (χ2v) is 14.5. The number of carbonyl (C=O) groups is 1. The third kappa shape index (κ3) is 6.32. The molecule has 3 unspecified atom stereocenters. The predicted octanol–water partition coefficient (Wildman–Crippen LogP) is 7.90. The number of pyridine rings is 1. The summed E-state index contributed by atoms with van der Waals surface area (Å²) in [4.78, 5) is 21.2. The fraction of sp³-hybridized carbons (Fsp3) is 0.375. The van der Waals surface area contributed by atoms with Gasteiger partial charge in [0.1, 0.15) is 15.7 Å². The number of hydrogen-bond donors (Lipinski definition) is 1. The quantitative estimate of drug-likeness (QED) is 0.237. The Morgan fingerprint density at radius 1 is 1.12 bits per heavy atom. The van der Waals surface area contributed by atoms with Gasteiger partial charge in [0.2, 0.25) is 5.91 Å². The van der Waals surface area contributed by atoms with Gasteiger partial charge in [-0.15, -0.1) is 6.58 Å². The van der Waals surface area contributed by atoms with Gasteiger partial charge in [0, 0.05) is 28.4 Å². The Morgan fingerprint density at radius 2 is 1.85 bits per heavy atom. The first kappa shape index (κ1) is 29.6. The molecule has 0 spiro atoms. The monoisotopic (exact) mass is 610 g/mol. The summed E-state index contributed by atoms with van der Waals surface area (Å²) in [6.07, 6.45) is 7.93. The van der Waals surface area contributed by atoms with Gasteiger partial charge in [0.15, 0.2) is 0 Å².